The molecule has 2 rings (SSSR count). The van der Waals surface area contributed by atoms with Crippen LogP contribution >= 0.6 is 0 Å². The minimum absolute atomic E-state index is 0. The fourth-order valence-electron chi connectivity index (χ4n) is 2.26. The van der Waals surface area contributed by atoms with Crippen LogP contribution in [0.2, 0.25) is 0 Å². The fourth-order valence-corrected chi connectivity index (χ4v) is 2.26. The molecule has 0 spiro atoms. The van der Waals surface area contributed by atoms with E-state index in [1.807, 2.05) is 0 Å². The van der Waals surface area contributed by atoms with E-state index in [0.29, 0.717) is 11.9 Å². The van der Waals surface area contributed by atoms with E-state index >= 15 is 0 Å². The third-order valence-corrected chi connectivity index (χ3v) is 2.88. The zero-order valence-electron chi connectivity index (χ0n) is 9.59. The van der Waals surface area contributed by atoms with Crippen molar-refractivity contribution in [2.24, 2.45) is 0 Å². The molecule has 2 aliphatic heterocycles. The summed E-state index contributed by atoms with van der Waals surface area (Å²) in [5.74, 6) is 0.407. The van der Waals surface area contributed by atoms with Gasteiger partial charge in [-0.25, -0.2) is 0 Å². The lowest BCUT2D eigenvalue weighted by Gasteiger charge is -2.21. The van der Waals surface area contributed by atoms with Gasteiger partial charge in [-0.3, -0.25) is 4.79 Å². The molecule has 2 heteroatoms. The topological polar surface area (TPSA) is 20.3 Å². The third-order valence-electron chi connectivity index (χ3n) is 2.88. The lowest BCUT2D eigenvalue weighted by Crippen LogP contribution is -2.33. The summed E-state index contributed by atoms with van der Waals surface area (Å²) in [6.45, 7) is 5.28. The van der Waals surface area contributed by atoms with Crippen molar-refractivity contribution in [3.8, 4) is 0 Å². The Morgan fingerprint density at radius 3 is 2.47 bits per heavy atom. The van der Waals surface area contributed by atoms with Crippen molar-refractivity contribution < 1.29 is 4.79 Å². The van der Waals surface area contributed by atoms with Crippen LogP contribution in [-0.2, 0) is 4.79 Å². The summed E-state index contributed by atoms with van der Waals surface area (Å²) >= 11 is 0. The number of nitrogens with zero attached hydrogens (tertiary/aromatic N) is 1. The van der Waals surface area contributed by atoms with E-state index in [0.717, 1.165) is 19.4 Å². The molecule has 0 aromatic heterocycles. The van der Waals surface area contributed by atoms with Gasteiger partial charge in [0.2, 0.25) is 5.91 Å². The van der Waals surface area contributed by atoms with Gasteiger partial charge in [0.25, 0.3) is 0 Å². The molecule has 90 valence electrons. The number of amides is 1. The van der Waals surface area contributed by atoms with Crippen molar-refractivity contribution in [3.63, 3.8) is 0 Å². The molecule has 2 saturated heterocycles. The van der Waals surface area contributed by atoms with Gasteiger partial charge in [0.1, 0.15) is 0 Å². The normalized spacial score (nSPS) is 24.5. The van der Waals surface area contributed by atoms with Crippen molar-refractivity contribution in [2.75, 3.05) is 6.54 Å². The van der Waals surface area contributed by atoms with E-state index in [1.54, 1.807) is 0 Å². The molecule has 1 atom stereocenters. The van der Waals surface area contributed by atoms with E-state index in [-0.39, 0.29) is 7.43 Å². The van der Waals surface area contributed by atoms with Gasteiger partial charge < -0.3 is 4.90 Å². The van der Waals surface area contributed by atoms with E-state index < -0.39 is 0 Å². The Kier molecular flexibility index (Phi) is 7.45. The molecule has 0 radical (unpaired) electrons. The van der Waals surface area contributed by atoms with E-state index in [2.05, 4.69) is 18.7 Å². The summed E-state index contributed by atoms with van der Waals surface area (Å²) in [5.41, 5.74) is 0. The van der Waals surface area contributed by atoms with Crippen LogP contribution in [-0.4, -0.2) is 23.4 Å². The summed E-state index contributed by atoms with van der Waals surface area (Å²) in [5, 5.41) is 0. The molecule has 2 heterocycles. The number of fused-ring (bicyclic) bond motifs is 1. The van der Waals surface area contributed by atoms with Crippen LogP contribution in [0.15, 0.2) is 0 Å². The van der Waals surface area contributed by atoms with Gasteiger partial charge >= 0.3 is 0 Å². The van der Waals surface area contributed by atoms with E-state index in [9.17, 15) is 4.79 Å². The maximum absolute atomic E-state index is 11.4. The maximum atomic E-state index is 11.4. The quantitative estimate of drug-likeness (QED) is 0.602. The third kappa shape index (κ3) is 4.23. The Morgan fingerprint density at radius 2 is 1.80 bits per heavy atom. The SMILES string of the molecule is C.CCC.O=C1CCCCC2CCCN12. The Labute approximate surface area is 95.0 Å². The zero-order valence-corrected chi connectivity index (χ0v) is 9.59. The standard InChI is InChI=1S/C9H15NO.C3H8.CH4/c11-9-6-2-1-4-8-5-3-7-10(8)9;1-3-2;/h8H,1-7H2;3H2,1-2H3;1H4. The second kappa shape index (κ2) is 7.72. The maximum Gasteiger partial charge on any atom is 0.222 e. The van der Waals surface area contributed by atoms with E-state index in [4.69, 9.17) is 0 Å². The molecule has 1 unspecified atom stereocenters. The molecule has 2 aliphatic rings. The highest BCUT2D eigenvalue weighted by atomic mass is 16.2. The first kappa shape index (κ1) is 14.5. The van der Waals surface area contributed by atoms with Crippen LogP contribution < -0.4 is 0 Å². The minimum atomic E-state index is 0. The predicted molar refractivity (Wildman–Crippen MR) is 65.9 cm³/mol. The molecule has 2 fully saturated rings. The molecule has 15 heavy (non-hydrogen) atoms. The van der Waals surface area contributed by atoms with Crippen LogP contribution in [0.4, 0.5) is 0 Å². The van der Waals surface area contributed by atoms with Gasteiger partial charge in [-0.05, 0) is 25.7 Å². The summed E-state index contributed by atoms with van der Waals surface area (Å²) in [4.78, 5) is 13.5. The minimum Gasteiger partial charge on any atom is -0.340 e. The van der Waals surface area contributed by atoms with Crippen molar-refractivity contribution in [2.45, 2.75) is 72.3 Å². The lowest BCUT2D eigenvalue weighted by atomic mass is 10.1. The molecular formula is C13H27NO. The number of hydrogen-bond acceptors (Lipinski definition) is 1. The van der Waals surface area contributed by atoms with Crippen LogP contribution in [0, 0.1) is 0 Å². The predicted octanol–water partition coefficient (Wildman–Crippen LogP) is 3.60. The van der Waals surface area contributed by atoms with Gasteiger partial charge in [-0.1, -0.05) is 34.1 Å². The average molecular weight is 213 g/mol. The molecule has 1 amide bonds. The highest BCUT2D eigenvalue weighted by Gasteiger charge is 2.29. The first-order valence-corrected chi connectivity index (χ1v) is 6.09. The molecule has 2 nitrogen and oxygen atoms in total. The zero-order chi connectivity index (χ0) is 10.4. The van der Waals surface area contributed by atoms with Gasteiger partial charge in [0.15, 0.2) is 0 Å². The van der Waals surface area contributed by atoms with Crippen LogP contribution in [0.3, 0.4) is 0 Å². The summed E-state index contributed by atoms with van der Waals surface area (Å²) < 4.78 is 0. The number of carbonyl (C=O) groups excluding carboxylic acids is 1. The lowest BCUT2D eigenvalue weighted by molar-refractivity contribution is -0.131. The Balaban J connectivity index is 0.000000443. The Morgan fingerprint density at radius 1 is 1.20 bits per heavy atom. The van der Waals surface area contributed by atoms with Crippen molar-refractivity contribution in [1.29, 1.82) is 0 Å². The van der Waals surface area contributed by atoms with E-state index in [1.165, 1.54) is 32.1 Å². The second-order valence-electron chi connectivity index (χ2n) is 4.34. The van der Waals surface area contributed by atoms with Crippen LogP contribution in [0.5, 0.6) is 0 Å². The highest BCUT2D eigenvalue weighted by molar-refractivity contribution is 5.77. The molecule has 0 N–H and O–H groups in total. The highest BCUT2D eigenvalue weighted by Crippen LogP contribution is 2.26. The van der Waals surface area contributed by atoms with Gasteiger partial charge in [0, 0.05) is 19.0 Å². The number of rotatable bonds is 0. The Bertz CT molecular complexity index is 179. The van der Waals surface area contributed by atoms with Gasteiger partial charge in [-0.15, -0.1) is 0 Å². The fraction of sp³-hybridized carbons (Fsp3) is 0.923. The Hall–Kier alpha value is -0.530. The average Bonchev–Trinajstić information content (AvgIpc) is 2.55. The van der Waals surface area contributed by atoms with Gasteiger partial charge in [0.05, 0.1) is 0 Å². The van der Waals surface area contributed by atoms with Crippen molar-refractivity contribution >= 4 is 5.91 Å². The molecule has 0 aromatic rings. The van der Waals surface area contributed by atoms with Gasteiger partial charge in [-0.2, -0.15) is 0 Å². The second-order valence-corrected chi connectivity index (χ2v) is 4.34. The molecular weight excluding hydrogens is 186 g/mol. The molecule has 0 aromatic carbocycles. The molecule has 0 aliphatic carbocycles. The first-order chi connectivity index (χ1) is 6.79. The van der Waals surface area contributed by atoms with Crippen molar-refractivity contribution in [3.05, 3.63) is 0 Å². The van der Waals surface area contributed by atoms with Crippen LogP contribution in [0.1, 0.15) is 66.2 Å². The summed E-state index contributed by atoms with van der Waals surface area (Å²) in [6.07, 6.45) is 8.17. The monoisotopic (exact) mass is 213 g/mol. The summed E-state index contributed by atoms with van der Waals surface area (Å²) in [7, 11) is 0. The first-order valence-electron chi connectivity index (χ1n) is 6.09. The van der Waals surface area contributed by atoms with Crippen LogP contribution in [0.25, 0.3) is 0 Å². The largest absolute Gasteiger partial charge is 0.340 e. The summed E-state index contributed by atoms with van der Waals surface area (Å²) in [6, 6.07) is 0.616. The molecule has 0 bridgehead atoms. The number of hydrogen-bond donors (Lipinski definition) is 0. The molecule has 0 saturated carbocycles. The number of carbonyl (C=O) groups is 1. The van der Waals surface area contributed by atoms with Crippen molar-refractivity contribution in [1.82, 2.24) is 4.90 Å². The smallest absolute Gasteiger partial charge is 0.222 e.